The number of aryl methyl sites for hydroxylation is 1. The molecule has 41 heavy (non-hydrogen) atoms. The number of allylic oxidation sites excluding steroid dienone is 2. The molecule has 10 heteroatoms. The lowest BCUT2D eigenvalue weighted by atomic mass is 9.73. The Hall–Kier alpha value is -4.57. The molecule has 2 atom stereocenters. The van der Waals surface area contributed by atoms with Gasteiger partial charge in [-0.25, -0.2) is 9.48 Å². The molecule has 2 N–H and O–H groups in total. The minimum Gasteiger partial charge on any atom is -0.493 e. The van der Waals surface area contributed by atoms with Gasteiger partial charge in [0.2, 0.25) is 5.75 Å². The minimum atomic E-state index is -1.05. The lowest BCUT2D eigenvalue weighted by molar-refractivity contribution is -0.116. The summed E-state index contributed by atoms with van der Waals surface area (Å²) in [6.07, 6.45) is 1.03. The van der Waals surface area contributed by atoms with Gasteiger partial charge < -0.3 is 24.6 Å². The van der Waals surface area contributed by atoms with E-state index in [1.807, 2.05) is 30.5 Å². The number of benzene rings is 2. The Balaban J connectivity index is 1.60. The third-order valence-corrected chi connectivity index (χ3v) is 8.82. The molecular weight excluding hydrogens is 542 g/mol. The summed E-state index contributed by atoms with van der Waals surface area (Å²) in [6, 6.07) is 14.6. The average molecular weight is 572 g/mol. The van der Waals surface area contributed by atoms with Crippen molar-refractivity contribution >= 4 is 28.9 Å². The first-order valence-electron chi connectivity index (χ1n) is 13.1. The maximum atomic E-state index is 14.0. The van der Waals surface area contributed by atoms with Crippen LogP contribution >= 0.6 is 11.3 Å². The highest BCUT2D eigenvalue weighted by Gasteiger charge is 2.42. The summed E-state index contributed by atoms with van der Waals surface area (Å²) in [5.74, 6) is 0.600. The number of para-hydroxylation sites is 1. The summed E-state index contributed by atoms with van der Waals surface area (Å²) in [6.45, 7) is 1.87. The molecule has 1 aliphatic carbocycles. The number of ketones is 1. The quantitative estimate of drug-likeness (QED) is 0.281. The summed E-state index contributed by atoms with van der Waals surface area (Å²) < 4.78 is 18.5. The van der Waals surface area contributed by atoms with Crippen LogP contribution in [0, 0.1) is 6.92 Å². The normalized spacial score (nSPS) is 17.9. The SMILES string of the molecule is COc1cc([C@@H]2C3=C(C[C@@H](c4cccs4)CC3=O)Nc3c2c(C)nn3-c2ccccc2C(=O)O)cc(OC)c1OC. The number of hydrogen-bond donors (Lipinski definition) is 2. The first kappa shape index (κ1) is 26.6. The third kappa shape index (κ3) is 4.35. The molecule has 210 valence electrons. The minimum absolute atomic E-state index is 0.0414. The maximum Gasteiger partial charge on any atom is 0.337 e. The van der Waals surface area contributed by atoms with Crippen LogP contribution in [-0.2, 0) is 4.79 Å². The van der Waals surface area contributed by atoms with E-state index in [2.05, 4.69) is 11.4 Å². The van der Waals surface area contributed by atoms with Gasteiger partial charge in [-0.05, 0) is 54.6 Å². The van der Waals surface area contributed by atoms with Crippen LogP contribution in [0.15, 0.2) is 65.2 Å². The summed E-state index contributed by atoms with van der Waals surface area (Å²) in [5.41, 5.74) is 4.29. The number of rotatable bonds is 7. The van der Waals surface area contributed by atoms with Crippen LogP contribution in [0.4, 0.5) is 5.82 Å². The van der Waals surface area contributed by atoms with Crippen molar-refractivity contribution in [2.24, 2.45) is 0 Å². The van der Waals surface area contributed by atoms with Crippen molar-refractivity contribution in [1.82, 2.24) is 9.78 Å². The highest BCUT2D eigenvalue weighted by molar-refractivity contribution is 7.10. The molecule has 0 spiro atoms. The molecule has 0 bridgehead atoms. The predicted octanol–water partition coefficient (Wildman–Crippen LogP) is 5.92. The van der Waals surface area contributed by atoms with Crippen molar-refractivity contribution in [3.63, 3.8) is 0 Å². The van der Waals surface area contributed by atoms with Gasteiger partial charge in [-0.3, -0.25) is 4.79 Å². The zero-order valence-electron chi connectivity index (χ0n) is 23.1. The molecule has 2 aromatic heterocycles. The molecule has 2 aliphatic rings. The van der Waals surface area contributed by atoms with Gasteiger partial charge in [0.25, 0.3) is 0 Å². The fraction of sp³-hybridized carbons (Fsp3) is 0.258. The first-order chi connectivity index (χ1) is 19.9. The first-order valence-corrected chi connectivity index (χ1v) is 14.0. The van der Waals surface area contributed by atoms with Crippen molar-refractivity contribution < 1.29 is 28.9 Å². The monoisotopic (exact) mass is 571 g/mol. The van der Waals surface area contributed by atoms with Crippen molar-refractivity contribution in [2.75, 3.05) is 26.6 Å². The number of aromatic nitrogens is 2. The van der Waals surface area contributed by atoms with Crippen LogP contribution < -0.4 is 19.5 Å². The number of carbonyl (C=O) groups excluding carboxylic acids is 1. The van der Waals surface area contributed by atoms with Gasteiger partial charge in [0.05, 0.1) is 38.3 Å². The van der Waals surface area contributed by atoms with E-state index in [-0.39, 0.29) is 17.3 Å². The van der Waals surface area contributed by atoms with Crippen LogP contribution in [-0.4, -0.2) is 48.0 Å². The van der Waals surface area contributed by atoms with Crippen LogP contribution in [0.1, 0.15) is 56.7 Å². The van der Waals surface area contributed by atoms with E-state index in [4.69, 9.17) is 19.3 Å². The Kier molecular flexibility index (Phi) is 6.78. The van der Waals surface area contributed by atoms with Crippen molar-refractivity contribution in [3.05, 3.63) is 92.4 Å². The number of carboxylic acids is 1. The molecule has 0 saturated heterocycles. The largest absolute Gasteiger partial charge is 0.493 e. The number of carboxylic acid groups (broad SMARTS) is 1. The predicted molar refractivity (Wildman–Crippen MR) is 155 cm³/mol. The topological polar surface area (TPSA) is 112 Å². The molecule has 0 fully saturated rings. The number of Topliss-reactive ketones (excluding diaryl/α,β-unsaturated/α-hetero) is 1. The van der Waals surface area contributed by atoms with Crippen LogP contribution in [0.3, 0.4) is 0 Å². The number of hydrogen-bond acceptors (Lipinski definition) is 8. The number of anilines is 1. The van der Waals surface area contributed by atoms with Crippen LogP contribution in [0.25, 0.3) is 5.69 Å². The van der Waals surface area contributed by atoms with E-state index in [1.165, 1.54) is 0 Å². The highest BCUT2D eigenvalue weighted by Crippen LogP contribution is 2.52. The number of ether oxygens (including phenoxy) is 3. The Bertz CT molecular complexity index is 1680. The van der Waals surface area contributed by atoms with E-state index in [0.29, 0.717) is 52.9 Å². The molecule has 1 aliphatic heterocycles. The van der Waals surface area contributed by atoms with Gasteiger partial charge in [0.1, 0.15) is 5.82 Å². The Morgan fingerprint density at radius 2 is 1.78 bits per heavy atom. The third-order valence-electron chi connectivity index (χ3n) is 7.79. The van der Waals surface area contributed by atoms with E-state index < -0.39 is 11.9 Å². The van der Waals surface area contributed by atoms with Crippen LogP contribution in [0.5, 0.6) is 17.2 Å². The lowest BCUT2D eigenvalue weighted by Crippen LogP contribution is -2.30. The summed E-state index contributed by atoms with van der Waals surface area (Å²) in [5, 5.41) is 20.3. The second-order valence-electron chi connectivity index (χ2n) is 10.0. The van der Waals surface area contributed by atoms with Gasteiger partial charge in [-0.2, -0.15) is 5.10 Å². The second kappa shape index (κ2) is 10.4. The zero-order chi connectivity index (χ0) is 28.8. The molecule has 0 unspecified atom stereocenters. The fourth-order valence-corrected chi connectivity index (χ4v) is 6.85. The summed E-state index contributed by atoms with van der Waals surface area (Å²) in [7, 11) is 4.67. The van der Waals surface area contributed by atoms with Crippen molar-refractivity contribution in [2.45, 2.75) is 31.6 Å². The Labute approximate surface area is 241 Å². The molecule has 0 saturated carbocycles. The van der Waals surface area contributed by atoms with Gasteiger partial charge in [-0.1, -0.05) is 18.2 Å². The number of carbonyl (C=O) groups is 2. The molecule has 4 aromatic rings. The fourth-order valence-electron chi connectivity index (χ4n) is 6.02. The van der Waals surface area contributed by atoms with E-state index in [0.717, 1.165) is 21.7 Å². The summed E-state index contributed by atoms with van der Waals surface area (Å²) >= 11 is 1.64. The maximum absolute atomic E-state index is 14.0. The van der Waals surface area contributed by atoms with Crippen LogP contribution in [0.2, 0.25) is 0 Å². The molecule has 2 aromatic carbocycles. The molecular formula is C31H29N3O6S. The molecule has 6 rings (SSSR count). The number of fused-ring (bicyclic) bond motifs is 1. The number of aromatic carboxylic acids is 1. The number of thiophene rings is 1. The second-order valence-corrected chi connectivity index (χ2v) is 11.0. The molecule has 0 radical (unpaired) electrons. The molecule has 3 heterocycles. The Morgan fingerprint density at radius 1 is 1.05 bits per heavy atom. The average Bonchev–Trinajstić information content (AvgIpc) is 3.63. The van der Waals surface area contributed by atoms with E-state index >= 15 is 0 Å². The van der Waals surface area contributed by atoms with Gasteiger partial charge >= 0.3 is 5.97 Å². The molecule has 9 nitrogen and oxygen atoms in total. The summed E-state index contributed by atoms with van der Waals surface area (Å²) in [4.78, 5) is 27.3. The van der Waals surface area contributed by atoms with Gasteiger partial charge in [-0.15, -0.1) is 11.3 Å². The van der Waals surface area contributed by atoms with Gasteiger partial charge in [0.15, 0.2) is 17.3 Å². The lowest BCUT2D eigenvalue weighted by Gasteiger charge is -2.35. The molecule has 0 amide bonds. The standard InChI is InChI=1S/C31H29N3O6S/c1-16-26-27(18-14-23(38-2)29(40-4)24(15-18)39-3)28-20(12-17(13-22(28)35)25-10-7-11-41-25)32-30(26)34(33-16)21-9-6-5-8-19(21)31(36)37/h5-11,14-15,17,27,32H,12-13H2,1-4H3,(H,36,37)/t17-,27+/m1/s1. The Morgan fingerprint density at radius 3 is 2.41 bits per heavy atom. The smallest absolute Gasteiger partial charge is 0.337 e. The number of methoxy groups -OCH3 is 3. The number of nitrogens with zero attached hydrogens (tertiary/aromatic N) is 2. The number of nitrogens with one attached hydrogen (secondary N) is 1. The van der Waals surface area contributed by atoms with Gasteiger partial charge in [0, 0.05) is 40.0 Å². The zero-order valence-corrected chi connectivity index (χ0v) is 23.9. The van der Waals surface area contributed by atoms with E-state index in [1.54, 1.807) is 61.6 Å². The highest BCUT2D eigenvalue weighted by atomic mass is 32.1. The van der Waals surface area contributed by atoms with Crippen molar-refractivity contribution in [3.8, 4) is 22.9 Å². The van der Waals surface area contributed by atoms with Crippen molar-refractivity contribution in [1.29, 1.82) is 0 Å². The van der Waals surface area contributed by atoms with E-state index in [9.17, 15) is 14.7 Å².